The average molecular weight is 453 g/mol. The molecule has 2 fully saturated rings. The molecule has 5 rings (SSSR count). The second-order valence-electron chi connectivity index (χ2n) is 8.60. The maximum atomic E-state index is 13.7. The summed E-state index contributed by atoms with van der Waals surface area (Å²) in [4.78, 5) is 53.5. The second kappa shape index (κ2) is 7.15. The molecule has 2 aromatic rings. The molecule has 9 heteroatoms. The summed E-state index contributed by atoms with van der Waals surface area (Å²) in [6.07, 6.45) is -0.177. The van der Waals surface area contributed by atoms with Crippen LogP contribution in [0.2, 0.25) is 5.02 Å². The minimum atomic E-state index is -1.51. The topological polar surface area (TPSA) is 122 Å². The number of nitrogens with two attached hydrogens (primary N) is 1. The summed E-state index contributed by atoms with van der Waals surface area (Å²) in [5.74, 6) is -3.87. The van der Waals surface area contributed by atoms with E-state index in [2.05, 4.69) is 10.6 Å². The highest BCUT2D eigenvalue weighted by atomic mass is 35.5. The van der Waals surface area contributed by atoms with Gasteiger partial charge in [0.25, 0.3) is 0 Å². The molecule has 164 valence electrons. The Morgan fingerprint density at radius 1 is 1.16 bits per heavy atom. The summed E-state index contributed by atoms with van der Waals surface area (Å²) < 4.78 is 0. The number of nitrogens with zero attached hydrogens (tertiary/aromatic N) is 1. The molecule has 2 aromatic carbocycles. The number of rotatable bonds is 4. The number of amides is 4. The van der Waals surface area contributed by atoms with Crippen LogP contribution in [0.25, 0.3) is 0 Å². The van der Waals surface area contributed by atoms with Crippen molar-refractivity contribution in [2.75, 3.05) is 5.32 Å². The Morgan fingerprint density at radius 3 is 2.56 bits per heavy atom. The molecule has 0 saturated carbocycles. The van der Waals surface area contributed by atoms with E-state index in [4.69, 9.17) is 17.3 Å². The summed E-state index contributed by atoms with van der Waals surface area (Å²) in [7, 11) is 0. The van der Waals surface area contributed by atoms with Crippen molar-refractivity contribution in [3.63, 3.8) is 0 Å². The zero-order valence-corrected chi connectivity index (χ0v) is 18.0. The number of aryl methyl sites for hydroxylation is 1. The minimum Gasteiger partial charge on any atom is -0.370 e. The number of likely N-dealkylation sites (tertiary alicyclic amines) is 1. The zero-order valence-electron chi connectivity index (χ0n) is 17.2. The lowest BCUT2D eigenvalue weighted by molar-refractivity contribution is -0.143. The molecule has 0 aliphatic carbocycles. The number of hydrogen-bond acceptors (Lipinski definition) is 5. The van der Waals surface area contributed by atoms with Crippen LogP contribution >= 0.6 is 11.6 Å². The van der Waals surface area contributed by atoms with E-state index in [1.165, 1.54) is 4.90 Å². The number of hydrogen-bond donors (Lipinski definition) is 3. The second-order valence-corrected chi connectivity index (χ2v) is 9.01. The first-order chi connectivity index (χ1) is 15.2. The number of nitrogens with one attached hydrogen (secondary N) is 2. The van der Waals surface area contributed by atoms with Gasteiger partial charge in [0.2, 0.25) is 23.6 Å². The molecule has 0 bridgehead atoms. The lowest BCUT2D eigenvalue weighted by Crippen LogP contribution is -2.53. The maximum Gasteiger partial charge on any atom is 0.250 e. The van der Waals surface area contributed by atoms with Gasteiger partial charge in [0.15, 0.2) is 0 Å². The Hall–Kier alpha value is -3.23. The quantitative estimate of drug-likeness (QED) is 0.606. The van der Waals surface area contributed by atoms with Gasteiger partial charge in [0.1, 0.15) is 5.54 Å². The van der Waals surface area contributed by atoms with E-state index in [1.54, 1.807) is 12.1 Å². The number of primary amides is 1. The first-order valence-electron chi connectivity index (χ1n) is 10.3. The van der Waals surface area contributed by atoms with Gasteiger partial charge >= 0.3 is 0 Å². The van der Waals surface area contributed by atoms with Crippen LogP contribution < -0.4 is 16.4 Å². The molecule has 2 saturated heterocycles. The van der Waals surface area contributed by atoms with Crippen LogP contribution in [0.15, 0.2) is 42.5 Å². The van der Waals surface area contributed by atoms with Crippen molar-refractivity contribution in [1.82, 2.24) is 10.2 Å². The fourth-order valence-electron chi connectivity index (χ4n) is 5.37. The van der Waals surface area contributed by atoms with Crippen molar-refractivity contribution in [3.8, 4) is 0 Å². The molecule has 1 spiro atoms. The predicted octanol–water partition coefficient (Wildman–Crippen LogP) is 1.44. The molecule has 4 amide bonds. The smallest absolute Gasteiger partial charge is 0.250 e. The number of halogens is 1. The number of anilines is 1. The third-order valence-corrected chi connectivity index (χ3v) is 6.91. The SMILES string of the molecule is Cc1cc(Cl)c2c(c1)[C@@]1(N[C@H](CC(N)=O)[C@H]3C(=O)N(Cc4ccccc4)C(=O)[C@@H]31)C(=O)N2. The van der Waals surface area contributed by atoms with Gasteiger partial charge in [0, 0.05) is 18.0 Å². The van der Waals surface area contributed by atoms with Crippen molar-refractivity contribution in [1.29, 1.82) is 0 Å². The molecule has 4 N–H and O–H groups in total. The Kier molecular flexibility index (Phi) is 4.61. The largest absolute Gasteiger partial charge is 0.370 e. The van der Waals surface area contributed by atoms with Gasteiger partial charge < -0.3 is 11.1 Å². The Balaban J connectivity index is 1.64. The summed E-state index contributed by atoms with van der Waals surface area (Å²) in [6, 6.07) is 11.9. The molecule has 0 unspecified atom stereocenters. The number of benzene rings is 2. The molecular formula is C23H21ClN4O4. The minimum absolute atomic E-state index is 0.0912. The third kappa shape index (κ3) is 2.79. The fraction of sp³-hybridized carbons (Fsp3) is 0.304. The predicted molar refractivity (Wildman–Crippen MR) is 116 cm³/mol. The van der Waals surface area contributed by atoms with Gasteiger partial charge in [-0.2, -0.15) is 0 Å². The van der Waals surface area contributed by atoms with Crippen LogP contribution in [-0.4, -0.2) is 34.6 Å². The zero-order chi connectivity index (χ0) is 22.8. The Bertz CT molecular complexity index is 1180. The first kappa shape index (κ1) is 20.7. The molecule has 32 heavy (non-hydrogen) atoms. The van der Waals surface area contributed by atoms with E-state index in [0.717, 1.165) is 11.1 Å². The Morgan fingerprint density at radius 2 is 1.88 bits per heavy atom. The van der Waals surface area contributed by atoms with Crippen LogP contribution in [0.1, 0.15) is 23.1 Å². The van der Waals surface area contributed by atoms with E-state index in [-0.39, 0.29) is 13.0 Å². The number of fused-ring (bicyclic) bond motifs is 4. The van der Waals surface area contributed by atoms with Gasteiger partial charge in [-0.05, 0) is 24.1 Å². The molecule has 3 heterocycles. The van der Waals surface area contributed by atoms with E-state index < -0.39 is 47.0 Å². The number of carbonyl (C=O) groups excluding carboxylic acids is 4. The van der Waals surface area contributed by atoms with E-state index in [9.17, 15) is 19.2 Å². The van der Waals surface area contributed by atoms with Gasteiger partial charge in [-0.1, -0.05) is 48.0 Å². The summed E-state index contributed by atoms with van der Waals surface area (Å²) in [5, 5.41) is 6.29. The van der Waals surface area contributed by atoms with E-state index in [0.29, 0.717) is 16.3 Å². The molecular weight excluding hydrogens is 432 g/mol. The monoisotopic (exact) mass is 452 g/mol. The number of imide groups is 1. The van der Waals surface area contributed by atoms with Crippen molar-refractivity contribution >= 4 is 40.9 Å². The van der Waals surface area contributed by atoms with Gasteiger partial charge in [-0.15, -0.1) is 0 Å². The lowest BCUT2D eigenvalue weighted by Gasteiger charge is -2.29. The standard InChI is InChI=1S/C23H21ClN4O4/c1-11-7-13-19(14(24)8-11)26-22(32)23(13)18-17(15(27-23)9-16(25)29)20(30)28(21(18)31)10-12-5-3-2-4-6-12/h2-8,15,17-18,27H,9-10H2,1H3,(H2,25,29)(H,26,32)/t15-,17-,18-,23+/m1/s1. The first-order valence-corrected chi connectivity index (χ1v) is 10.7. The van der Waals surface area contributed by atoms with Crippen LogP contribution in [-0.2, 0) is 31.3 Å². The molecule has 8 nitrogen and oxygen atoms in total. The maximum absolute atomic E-state index is 13.7. The molecule has 3 aliphatic rings. The van der Waals surface area contributed by atoms with Crippen molar-refractivity contribution < 1.29 is 19.2 Å². The van der Waals surface area contributed by atoms with Crippen LogP contribution in [0, 0.1) is 18.8 Å². The van der Waals surface area contributed by atoms with Crippen molar-refractivity contribution in [2.24, 2.45) is 17.6 Å². The Labute approximate surface area is 189 Å². The molecule has 3 aliphatic heterocycles. The highest BCUT2D eigenvalue weighted by Gasteiger charge is 2.70. The highest BCUT2D eigenvalue weighted by molar-refractivity contribution is 6.35. The lowest BCUT2D eigenvalue weighted by atomic mass is 9.76. The van der Waals surface area contributed by atoms with Crippen LogP contribution in [0.5, 0.6) is 0 Å². The van der Waals surface area contributed by atoms with Crippen molar-refractivity contribution in [2.45, 2.75) is 31.5 Å². The van der Waals surface area contributed by atoms with Gasteiger partial charge in [-0.3, -0.25) is 29.4 Å². The highest BCUT2D eigenvalue weighted by Crippen LogP contribution is 2.54. The number of carbonyl (C=O) groups is 4. The van der Waals surface area contributed by atoms with Gasteiger partial charge in [-0.25, -0.2) is 0 Å². The molecule has 0 aromatic heterocycles. The molecule has 4 atom stereocenters. The van der Waals surface area contributed by atoms with E-state index >= 15 is 0 Å². The summed E-state index contributed by atoms with van der Waals surface area (Å²) in [6.45, 7) is 1.92. The van der Waals surface area contributed by atoms with Crippen LogP contribution in [0.3, 0.4) is 0 Å². The van der Waals surface area contributed by atoms with Crippen molar-refractivity contribution in [3.05, 3.63) is 64.2 Å². The van der Waals surface area contributed by atoms with Gasteiger partial charge in [0.05, 0.1) is 29.1 Å². The summed E-state index contributed by atoms with van der Waals surface area (Å²) >= 11 is 6.39. The third-order valence-electron chi connectivity index (χ3n) is 6.62. The fourth-order valence-corrected chi connectivity index (χ4v) is 5.69. The van der Waals surface area contributed by atoms with Crippen LogP contribution in [0.4, 0.5) is 5.69 Å². The van der Waals surface area contributed by atoms with E-state index in [1.807, 2.05) is 37.3 Å². The molecule has 0 radical (unpaired) electrons. The summed E-state index contributed by atoms with van der Waals surface area (Å²) in [5.41, 5.74) is 6.46. The average Bonchev–Trinajstić information content (AvgIpc) is 3.30. The normalized spacial score (nSPS) is 28.2.